The molecule has 0 N–H and O–H groups in total. The number of halogens is 3. The summed E-state index contributed by atoms with van der Waals surface area (Å²) in [6.07, 6.45) is -2.98. The zero-order chi connectivity index (χ0) is 20.4. The molecule has 8 heteroatoms. The van der Waals surface area contributed by atoms with Gasteiger partial charge in [0.15, 0.2) is 0 Å². The second-order valence-electron chi connectivity index (χ2n) is 6.74. The van der Waals surface area contributed by atoms with E-state index >= 15 is 0 Å². The minimum Gasteiger partial charge on any atom is -0.472 e. The van der Waals surface area contributed by atoms with E-state index in [2.05, 4.69) is 5.10 Å². The first-order valence-corrected chi connectivity index (χ1v) is 9.11. The molecule has 2 aromatic carbocycles. The number of fused-ring (bicyclic) bond motifs is 1. The first kappa shape index (κ1) is 19.0. The van der Waals surface area contributed by atoms with Gasteiger partial charge < -0.3 is 9.64 Å². The van der Waals surface area contributed by atoms with Crippen molar-refractivity contribution in [3.63, 3.8) is 0 Å². The molecule has 1 aliphatic rings. The van der Waals surface area contributed by atoms with E-state index in [0.29, 0.717) is 25.6 Å². The zero-order valence-corrected chi connectivity index (χ0v) is 15.4. The Bertz CT molecular complexity index is 1020. The van der Waals surface area contributed by atoms with Gasteiger partial charge >= 0.3 is 0 Å². The molecule has 0 fully saturated rings. The molecule has 1 aliphatic heterocycles. The van der Waals surface area contributed by atoms with Crippen molar-refractivity contribution in [2.24, 2.45) is 0 Å². The van der Waals surface area contributed by atoms with Crippen molar-refractivity contribution in [3.8, 4) is 5.88 Å². The van der Waals surface area contributed by atoms with E-state index < -0.39 is 23.7 Å². The molecule has 0 aliphatic carbocycles. The fourth-order valence-electron chi connectivity index (χ4n) is 3.24. The fourth-order valence-corrected chi connectivity index (χ4v) is 3.24. The van der Waals surface area contributed by atoms with Crippen LogP contribution in [0.25, 0.3) is 0 Å². The Morgan fingerprint density at radius 2 is 1.90 bits per heavy atom. The summed E-state index contributed by atoms with van der Waals surface area (Å²) in [6, 6.07) is 14.5. The molecule has 1 aromatic heterocycles. The largest absolute Gasteiger partial charge is 0.472 e. The summed E-state index contributed by atoms with van der Waals surface area (Å²) in [5, 5.41) is 4.39. The number of ether oxygens (including phenoxy) is 1. The molecule has 0 atom stereocenters. The van der Waals surface area contributed by atoms with Crippen LogP contribution in [0.2, 0.25) is 0 Å². The lowest BCUT2D eigenvalue weighted by molar-refractivity contribution is 0.0705. The molecule has 0 spiro atoms. The van der Waals surface area contributed by atoms with E-state index in [1.807, 2.05) is 30.3 Å². The number of benzene rings is 2. The van der Waals surface area contributed by atoms with Crippen LogP contribution in [-0.4, -0.2) is 27.1 Å². The summed E-state index contributed by atoms with van der Waals surface area (Å²) in [5.41, 5.74) is 1.06. The Hall–Kier alpha value is -3.29. The molecule has 2 heterocycles. The summed E-state index contributed by atoms with van der Waals surface area (Å²) in [4.78, 5) is 14.2. The number of nitrogens with zero attached hydrogens (tertiary/aromatic N) is 3. The molecule has 4 rings (SSSR count). The first-order valence-electron chi connectivity index (χ1n) is 9.11. The normalized spacial score (nSPS) is 13.4. The maximum Gasteiger partial charge on any atom is 0.266 e. The van der Waals surface area contributed by atoms with Crippen LogP contribution in [0.4, 0.5) is 13.2 Å². The van der Waals surface area contributed by atoms with Crippen LogP contribution in [0.1, 0.15) is 33.6 Å². The summed E-state index contributed by atoms with van der Waals surface area (Å²) in [7, 11) is 0. The summed E-state index contributed by atoms with van der Waals surface area (Å²) in [6.45, 7) is 1.47. The number of hydrogen-bond acceptors (Lipinski definition) is 3. The van der Waals surface area contributed by atoms with Gasteiger partial charge in [-0.15, -0.1) is 5.10 Å². The van der Waals surface area contributed by atoms with Gasteiger partial charge in [-0.25, -0.2) is 13.2 Å². The third-order valence-corrected chi connectivity index (χ3v) is 4.77. The molecule has 3 aromatic rings. The molecule has 5 nitrogen and oxygen atoms in total. The lowest BCUT2D eigenvalue weighted by atomic mass is 10.1. The van der Waals surface area contributed by atoms with Crippen LogP contribution >= 0.6 is 0 Å². The third-order valence-electron chi connectivity index (χ3n) is 4.77. The third kappa shape index (κ3) is 4.11. The number of rotatable bonds is 5. The number of alkyl halides is 2. The summed E-state index contributed by atoms with van der Waals surface area (Å²) < 4.78 is 46.8. The van der Waals surface area contributed by atoms with Crippen LogP contribution in [0.3, 0.4) is 0 Å². The SMILES string of the molecule is O=C(c1ccc(F)c(C(F)F)c1)N1CCn2nc(OCc3ccccc3)cc2C1. The summed E-state index contributed by atoms with van der Waals surface area (Å²) in [5.74, 6) is -0.987. The molecule has 0 saturated heterocycles. The van der Waals surface area contributed by atoms with Gasteiger partial charge in [-0.3, -0.25) is 9.48 Å². The molecule has 29 heavy (non-hydrogen) atoms. The van der Waals surface area contributed by atoms with E-state index in [4.69, 9.17) is 4.74 Å². The highest BCUT2D eigenvalue weighted by atomic mass is 19.3. The maximum absolute atomic E-state index is 13.5. The topological polar surface area (TPSA) is 47.4 Å². The Kier molecular flexibility index (Phi) is 5.24. The van der Waals surface area contributed by atoms with Crippen LogP contribution in [-0.2, 0) is 19.7 Å². The van der Waals surface area contributed by atoms with Crippen LogP contribution in [0.15, 0.2) is 54.6 Å². The van der Waals surface area contributed by atoms with Gasteiger partial charge in [0.1, 0.15) is 12.4 Å². The van der Waals surface area contributed by atoms with Crippen LogP contribution in [0, 0.1) is 5.82 Å². The lowest BCUT2D eigenvalue weighted by Crippen LogP contribution is -2.38. The van der Waals surface area contributed by atoms with Gasteiger partial charge in [0.05, 0.1) is 24.3 Å². The first-order chi connectivity index (χ1) is 14.0. The second kappa shape index (κ2) is 7.98. The predicted octanol–water partition coefficient (Wildman–Crippen LogP) is 4.19. The molecular formula is C21H18F3N3O2. The molecule has 1 amide bonds. The lowest BCUT2D eigenvalue weighted by Gasteiger charge is -2.27. The Morgan fingerprint density at radius 1 is 1.10 bits per heavy atom. The van der Waals surface area contributed by atoms with Crippen molar-refractivity contribution in [2.45, 2.75) is 26.1 Å². The predicted molar refractivity (Wildman–Crippen MR) is 99.1 cm³/mol. The number of carbonyl (C=O) groups is 1. The quantitative estimate of drug-likeness (QED) is 0.644. The maximum atomic E-state index is 13.5. The molecule has 0 radical (unpaired) electrons. The molecular weight excluding hydrogens is 383 g/mol. The van der Waals surface area contributed by atoms with Crippen LogP contribution in [0.5, 0.6) is 5.88 Å². The van der Waals surface area contributed by atoms with Gasteiger partial charge in [0, 0.05) is 18.2 Å². The highest BCUT2D eigenvalue weighted by molar-refractivity contribution is 5.94. The monoisotopic (exact) mass is 401 g/mol. The average Bonchev–Trinajstić information content (AvgIpc) is 3.15. The van der Waals surface area contributed by atoms with E-state index in [-0.39, 0.29) is 12.1 Å². The number of hydrogen-bond donors (Lipinski definition) is 0. The standard InChI is InChI=1S/C21H18F3N3O2/c22-18-7-6-15(10-17(18)20(23)24)21(28)26-8-9-27-16(12-26)11-19(25-27)29-13-14-4-2-1-3-5-14/h1-7,10-11,20H,8-9,12-13H2. The van der Waals surface area contributed by atoms with Crippen molar-refractivity contribution >= 4 is 5.91 Å². The van der Waals surface area contributed by atoms with Crippen molar-refractivity contribution in [3.05, 3.63) is 82.8 Å². The average molecular weight is 401 g/mol. The van der Waals surface area contributed by atoms with Crippen molar-refractivity contribution in [2.75, 3.05) is 6.54 Å². The van der Waals surface area contributed by atoms with E-state index in [0.717, 1.165) is 23.4 Å². The molecule has 150 valence electrons. The van der Waals surface area contributed by atoms with Gasteiger partial charge in [0.2, 0.25) is 5.88 Å². The molecule has 0 unspecified atom stereocenters. The Morgan fingerprint density at radius 3 is 2.66 bits per heavy atom. The van der Waals surface area contributed by atoms with Gasteiger partial charge in [0.25, 0.3) is 12.3 Å². The second-order valence-corrected chi connectivity index (χ2v) is 6.74. The van der Waals surface area contributed by atoms with Gasteiger partial charge in [-0.1, -0.05) is 30.3 Å². The molecule has 0 bridgehead atoms. The molecule has 0 saturated carbocycles. The summed E-state index contributed by atoms with van der Waals surface area (Å²) >= 11 is 0. The highest BCUT2D eigenvalue weighted by Crippen LogP contribution is 2.25. The number of aromatic nitrogens is 2. The van der Waals surface area contributed by atoms with Crippen molar-refractivity contribution in [1.29, 1.82) is 0 Å². The number of amides is 1. The minimum atomic E-state index is -2.98. The Labute approximate surface area is 165 Å². The van der Waals surface area contributed by atoms with Gasteiger partial charge in [-0.2, -0.15) is 0 Å². The Balaban J connectivity index is 1.45. The van der Waals surface area contributed by atoms with Crippen molar-refractivity contribution in [1.82, 2.24) is 14.7 Å². The zero-order valence-electron chi connectivity index (χ0n) is 15.4. The van der Waals surface area contributed by atoms with Gasteiger partial charge in [-0.05, 0) is 23.8 Å². The van der Waals surface area contributed by atoms with E-state index in [9.17, 15) is 18.0 Å². The fraction of sp³-hybridized carbons (Fsp3) is 0.238. The minimum absolute atomic E-state index is 0.0372. The van der Waals surface area contributed by atoms with E-state index in [1.165, 1.54) is 11.0 Å². The highest BCUT2D eigenvalue weighted by Gasteiger charge is 2.25. The van der Waals surface area contributed by atoms with Crippen LogP contribution < -0.4 is 4.74 Å². The van der Waals surface area contributed by atoms with Crippen molar-refractivity contribution < 1.29 is 22.7 Å². The number of carbonyl (C=O) groups excluding carboxylic acids is 1. The smallest absolute Gasteiger partial charge is 0.266 e. The van der Waals surface area contributed by atoms with E-state index in [1.54, 1.807) is 10.7 Å².